The Morgan fingerprint density at radius 2 is 1.62 bits per heavy atom. The van der Waals surface area contributed by atoms with E-state index in [2.05, 4.69) is 50.4 Å². The number of carbonyl (C=O) groups excluding carboxylic acids is 2. The van der Waals surface area contributed by atoms with Crippen LogP contribution in [0.4, 0.5) is 4.79 Å². The molecule has 2 aromatic rings. The highest BCUT2D eigenvalue weighted by Gasteiger charge is 2.50. The van der Waals surface area contributed by atoms with E-state index >= 15 is 0 Å². The van der Waals surface area contributed by atoms with E-state index in [4.69, 9.17) is 4.43 Å². The number of piperidine rings is 1. The standard InChI is InChI=1S/C26H34N2O5Si/c1-26(2,3)34(21-11-6-4-7-12-21,22-13-8-5-9-14-22)33-18-10-16-27-24(30)23-19-20(29)15-17-28(23)25(31)32/h4-9,11-14,23H,10,15-19H2,1-3H3,(H,27,30)(H,31,32)/t23-/m0/s1. The molecule has 1 aliphatic rings. The van der Waals surface area contributed by atoms with E-state index in [0.717, 1.165) is 4.90 Å². The van der Waals surface area contributed by atoms with Gasteiger partial charge in [-0.3, -0.25) is 14.5 Å². The highest BCUT2D eigenvalue weighted by molar-refractivity contribution is 6.99. The maximum absolute atomic E-state index is 12.6. The minimum atomic E-state index is -2.64. The number of hydrogen-bond donors (Lipinski definition) is 2. The lowest BCUT2D eigenvalue weighted by Crippen LogP contribution is -2.66. The molecular weight excluding hydrogens is 448 g/mol. The lowest BCUT2D eigenvalue weighted by molar-refractivity contribution is -0.133. The third-order valence-electron chi connectivity index (χ3n) is 6.33. The van der Waals surface area contributed by atoms with Crippen molar-refractivity contribution < 1.29 is 23.9 Å². The van der Waals surface area contributed by atoms with E-state index in [0.29, 0.717) is 19.6 Å². The molecule has 0 saturated carbocycles. The number of nitrogens with zero attached hydrogens (tertiary/aromatic N) is 1. The Balaban J connectivity index is 1.69. The number of nitrogens with one attached hydrogen (secondary N) is 1. The molecule has 2 amide bonds. The van der Waals surface area contributed by atoms with Crippen LogP contribution in [0.3, 0.4) is 0 Å². The van der Waals surface area contributed by atoms with Crippen LogP contribution >= 0.6 is 0 Å². The van der Waals surface area contributed by atoms with Crippen molar-refractivity contribution >= 4 is 36.5 Å². The molecule has 8 heteroatoms. The predicted octanol–water partition coefficient (Wildman–Crippen LogP) is 2.78. The largest absolute Gasteiger partial charge is 0.465 e. The molecule has 3 rings (SSSR count). The Kier molecular flexibility index (Phi) is 8.27. The fourth-order valence-electron chi connectivity index (χ4n) is 4.68. The molecule has 7 nitrogen and oxygen atoms in total. The molecule has 0 unspecified atom stereocenters. The molecule has 1 saturated heterocycles. The van der Waals surface area contributed by atoms with Gasteiger partial charge in [0.15, 0.2) is 0 Å². The first-order valence-electron chi connectivity index (χ1n) is 11.7. The summed E-state index contributed by atoms with van der Waals surface area (Å²) in [7, 11) is -2.64. The fraction of sp³-hybridized carbons (Fsp3) is 0.423. The number of amides is 2. The first-order chi connectivity index (χ1) is 16.2. The summed E-state index contributed by atoms with van der Waals surface area (Å²) >= 11 is 0. The molecule has 0 radical (unpaired) electrons. The van der Waals surface area contributed by atoms with Crippen LogP contribution in [0.5, 0.6) is 0 Å². The number of rotatable bonds is 8. The number of likely N-dealkylation sites (tertiary alicyclic amines) is 1. The molecule has 34 heavy (non-hydrogen) atoms. The number of ketones is 1. The molecule has 2 N–H and O–H groups in total. The zero-order valence-corrected chi connectivity index (χ0v) is 21.1. The molecule has 2 aromatic carbocycles. The average molecular weight is 483 g/mol. The topological polar surface area (TPSA) is 95.9 Å². The van der Waals surface area contributed by atoms with Gasteiger partial charge in [0, 0.05) is 32.5 Å². The van der Waals surface area contributed by atoms with Gasteiger partial charge >= 0.3 is 6.09 Å². The Hall–Kier alpha value is -2.97. The van der Waals surface area contributed by atoms with Gasteiger partial charge in [-0.25, -0.2) is 4.79 Å². The average Bonchev–Trinajstić information content (AvgIpc) is 2.81. The van der Waals surface area contributed by atoms with Gasteiger partial charge in [0.2, 0.25) is 5.91 Å². The zero-order valence-electron chi connectivity index (χ0n) is 20.1. The normalized spacial score (nSPS) is 16.9. The molecule has 1 fully saturated rings. The van der Waals surface area contributed by atoms with Crippen molar-refractivity contribution in [1.29, 1.82) is 0 Å². The van der Waals surface area contributed by atoms with Crippen LogP contribution in [0.1, 0.15) is 40.0 Å². The lowest BCUT2D eigenvalue weighted by atomic mass is 10.0. The van der Waals surface area contributed by atoms with E-state index in [9.17, 15) is 19.5 Å². The molecule has 182 valence electrons. The van der Waals surface area contributed by atoms with Crippen LogP contribution < -0.4 is 15.7 Å². The minimum Gasteiger partial charge on any atom is -0.465 e. The highest BCUT2D eigenvalue weighted by Crippen LogP contribution is 2.36. The van der Waals surface area contributed by atoms with Crippen LogP contribution in [0, 0.1) is 0 Å². The Morgan fingerprint density at radius 3 is 2.12 bits per heavy atom. The zero-order chi connectivity index (χ0) is 24.8. The summed E-state index contributed by atoms with van der Waals surface area (Å²) in [5.74, 6) is -0.520. The predicted molar refractivity (Wildman–Crippen MR) is 134 cm³/mol. The van der Waals surface area contributed by atoms with Crippen LogP contribution in [0.2, 0.25) is 5.04 Å². The van der Waals surface area contributed by atoms with Gasteiger partial charge < -0.3 is 14.8 Å². The molecular formula is C26H34N2O5Si. The quantitative estimate of drug-likeness (QED) is 0.446. The van der Waals surface area contributed by atoms with E-state index in [-0.39, 0.29) is 30.2 Å². The maximum Gasteiger partial charge on any atom is 0.408 e. The SMILES string of the molecule is CC(C)(C)[Si](OCCCNC(=O)[C@@H]1CC(=O)CCN1C(=O)O)(c1ccccc1)c1ccccc1. The summed E-state index contributed by atoms with van der Waals surface area (Å²) in [6.07, 6.45) is -0.522. The highest BCUT2D eigenvalue weighted by atomic mass is 28.4. The molecule has 0 bridgehead atoms. The monoisotopic (exact) mass is 482 g/mol. The number of Topliss-reactive ketones (excluding diaryl/α,β-unsaturated/α-hetero) is 1. The second kappa shape index (κ2) is 11.0. The van der Waals surface area contributed by atoms with Crippen molar-refractivity contribution in [2.75, 3.05) is 19.7 Å². The first kappa shape index (κ1) is 25.6. The number of carboxylic acid groups (broad SMARTS) is 1. The van der Waals surface area contributed by atoms with E-state index in [1.165, 1.54) is 10.4 Å². The van der Waals surface area contributed by atoms with Gasteiger partial charge in [0.05, 0.1) is 0 Å². The smallest absolute Gasteiger partial charge is 0.408 e. The van der Waals surface area contributed by atoms with Crippen molar-refractivity contribution in [3.8, 4) is 0 Å². The van der Waals surface area contributed by atoms with Crippen molar-refractivity contribution in [2.24, 2.45) is 0 Å². The second-order valence-electron chi connectivity index (χ2n) is 9.64. The summed E-state index contributed by atoms with van der Waals surface area (Å²) in [5, 5.41) is 14.4. The van der Waals surface area contributed by atoms with Crippen LogP contribution in [-0.2, 0) is 14.0 Å². The molecule has 0 aliphatic carbocycles. The minimum absolute atomic E-state index is 0.0587. The summed E-state index contributed by atoms with van der Waals surface area (Å²) in [6, 6.07) is 19.7. The van der Waals surface area contributed by atoms with Crippen LogP contribution in [-0.4, -0.2) is 61.8 Å². The third kappa shape index (κ3) is 5.56. The molecule has 0 spiro atoms. The molecule has 1 aliphatic heterocycles. The van der Waals surface area contributed by atoms with Crippen molar-refractivity contribution in [3.63, 3.8) is 0 Å². The van der Waals surface area contributed by atoms with Gasteiger partial charge in [0.25, 0.3) is 8.32 Å². The van der Waals surface area contributed by atoms with Gasteiger partial charge in [0.1, 0.15) is 11.8 Å². The van der Waals surface area contributed by atoms with Gasteiger partial charge in [-0.1, -0.05) is 81.4 Å². The number of carbonyl (C=O) groups is 3. The summed E-state index contributed by atoms with van der Waals surface area (Å²) in [6.45, 7) is 7.48. The van der Waals surface area contributed by atoms with Crippen molar-refractivity contribution in [1.82, 2.24) is 10.2 Å². The van der Waals surface area contributed by atoms with E-state index in [1.54, 1.807) is 0 Å². The Bertz CT molecular complexity index is 952. The Labute approximate surface area is 202 Å². The fourth-order valence-corrected chi connectivity index (χ4v) is 9.29. The van der Waals surface area contributed by atoms with Gasteiger partial charge in [-0.2, -0.15) is 0 Å². The molecule has 1 atom stereocenters. The number of benzene rings is 2. The molecule has 1 heterocycles. The van der Waals surface area contributed by atoms with Crippen molar-refractivity contribution in [3.05, 3.63) is 60.7 Å². The first-order valence-corrected chi connectivity index (χ1v) is 13.6. The Morgan fingerprint density at radius 1 is 1.06 bits per heavy atom. The summed E-state index contributed by atoms with van der Waals surface area (Å²) in [5.41, 5.74) is 0. The van der Waals surface area contributed by atoms with Crippen LogP contribution in [0.15, 0.2) is 60.7 Å². The summed E-state index contributed by atoms with van der Waals surface area (Å²) in [4.78, 5) is 36.9. The van der Waals surface area contributed by atoms with E-state index in [1.807, 2.05) is 36.4 Å². The maximum atomic E-state index is 12.6. The third-order valence-corrected chi connectivity index (χ3v) is 11.4. The summed E-state index contributed by atoms with van der Waals surface area (Å²) < 4.78 is 6.80. The van der Waals surface area contributed by atoms with Gasteiger partial charge in [-0.05, 0) is 21.8 Å². The lowest BCUT2D eigenvalue weighted by Gasteiger charge is -2.43. The van der Waals surface area contributed by atoms with Gasteiger partial charge in [-0.15, -0.1) is 0 Å². The number of hydrogen-bond acceptors (Lipinski definition) is 4. The van der Waals surface area contributed by atoms with Crippen molar-refractivity contribution in [2.45, 2.75) is 51.1 Å². The molecule has 0 aromatic heterocycles. The van der Waals surface area contributed by atoms with Crippen LogP contribution in [0.25, 0.3) is 0 Å². The van der Waals surface area contributed by atoms with E-state index < -0.39 is 26.4 Å². The second-order valence-corrected chi connectivity index (χ2v) is 13.9.